The fourth-order valence-corrected chi connectivity index (χ4v) is 1.77. The van der Waals surface area contributed by atoms with Gasteiger partial charge in [0, 0.05) is 19.8 Å². The SMILES string of the molecule is CNc1ccccc1N(C)c1ccccc1. The van der Waals surface area contributed by atoms with Gasteiger partial charge in [-0.1, -0.05) is 30.3 Å². The smallest absolute Gasteiger partial charge is 0.0643 e. The molecule has 82 valence electrons. The molecule has 0 aromatic heterocycles. The van der Waals surface area contributed by atoms with Gasteiger partial charge in [-0.3, -0.25) is 0 Å². The Morgan fingerprint density at radius 3 is 2.19 bits per heavy atom. The molecule has 0 aliphatic heterocycles. The Morgan fingerprint density at radius 1 is 0.875 bits per heavy atom. The van der Waals surface area contributed by atoms with Crippen molar-refractivity contribution in [1.29, 1.82) is 0 Å². The average molecular weight is 212 g/mol. The van der Waals surface area contributed by atoms with E-state index in [0.29, 0.717) is 0 Å². The number of para-hydroxylation sites is 3. The highest BCUT2D eigenvalue weighted by molar-refractivity contribution is 5.75. The second-order valence-electron chi connectivity index (χ2n) is 3.66. The Balaban J connectivity index is 2.37. The molecule has 0 saturated heterocycles. The Hall–Kier alpha value is -1.96. The number of hydrogen-bond acceptors (Lipinski definition) is 2. The summed E-state index contributed by atoms with van der Waals surface area (Å²) in [6.07, 6.45) is 0. The van der Waals surface area contributed by atoms with Gasteiger partial charge >= 0.3 is 0 Å². The van der Waals surface area contributed by atoms with Crippen molar-refractivity contribution >= 4 is 17.1 Å². The van der Waals surface area contributed by atoms with Crippen LogP contribution < -0.4 is 10.2 Å². The molecule has 0 radical (unpaired) electrons. The molecule has 2 aromatic rings. The van der Waals surface area contributed by atoms with E-state index >= 15 is 0 Å². The Bertz CT molecular complexity index is 451. The molecule has 0 fully saturated rings. The lowest BCUT2D eigenvalue weighted by molar-refractivity contribution is 1.21. The molecular formula is C14H16N2. The summed E-state index contributed by atoms with van der Waals surface area (Å²) < 4.78 is 0. The first-order valence-corrected chi connectivity index (χ1v) is 5.38. The van der Waals surface area contributed by atoms with E-state index < -0.39 is 0 Å². The van der Waals surface area contributed by atoms with Gasteiger partial charge in [-0.05, 0) is 24.3 Å². The van der Waals surface area contributed by atoms with Gasteiger partial charge in [0.1, 0.15) is 0 Å². The lowest BCUT2D eigenvalue weighted by Gasteiger charge is -2.22. The van der Waals surface area contributed by atoms with Gasteiger partial charge in [0.15, 0.2) is 0 Å². The summed E-state index contributed by atoms with van der Waals surface area (Å²) in [4.78, 5) is 2.17. The van der Waals surface area contributed by atoms with Crippen LogP contribution in [0, 0.1) is 0 Å². The van der Waals surface area contributed by atoms with Crippen molar-refractivity contribution in [2.45, 2.75) is 0 Å². The molecule has 0 unspecified atom stereocenters. The molecule has 2 nitrogen and oxygen atoms in total. The summed E-state index contributed by atoms with van der Waals surface area (Å²) in [7, 11) is 4.02. The van der Waals surface area contributed by atoms with E-state index in [1.165, 1.54) is 11.4 Å². The summed E-state index contributed by atoms with van der Waals surface area (Å²) in [5.74, 6) is 0. The summed E-state index contributed by atoms with van der Waals surface area (Å²) in [5.41, 5.74) is 3.50. The fraction of sp³-hybridized carbons (Fsp3) is 0.143. The van der Waals surface area contributed by atoms with Gasteiger partial charge in [0.05, 0.1) is 11.4 Å². The lowest BCUT2D eigenvalue weighted by Crippen LogP contribution is -2.11. The highest BCUT2D eigenvalue weighted by Crippen LogP contribution is 2.29. The first-order chi connectivity index (χ1) is 7.83. The van der Waals surface area contributed by atoms with E-state index in [1.54, 1.807) is 0 Å². The van der Waals surface area contributed by atoms with Crippen LogP contribution in [0.4, 0.5) is 17.1 Å². The topological polar surface area (TPSA) is 15.3 Å². The number of rotatable bonds is 3. The molecule has 0 heterocycles. The zero-order valence-corrected chi connectivity index (χ0v) is 9.64. The first-order valence-electron chi connectivity index (χ1n) is 5.38. The van der Waals surface area contributed by atoms with Crippen LogP contribution in [-0.4, -0.2) is 14.1 Å². The molecule has 16 heavy (non-hydrogen) atoms. The minimum Gasteiger partial charge on any atom is -0.386 e. The predicted octanol–water partition coefficient (Wildman–Crippen LogP) is 3.50. The molecule has 2 heteroatoms. The minimum absolute atomic E-state index is 1.13. The van der Waals surface area contributed by atoms with E-state index in [4.69, 9.17) is 0 Å². The zero-order valence-electron chi connectivity index (χ0n) is 9.64. The Kier molecular flexibility index (Phi) is 3.10. The summed E-state index contributed by atoms with van der Waals surface area (Å²) in [5, 5.41) is 3.20. The maximum Gasteiger partial charge on any atom is 0.0643 e. The molecule has 0 aliphatic rings. The maximum absolute atomic E-state index is 3.20. The van der Waals surface area contributed by atoms with E-state index in [9.17, 15) is 0 Å². The number of nitrogens with zero attached hydrogens (tertiary/aromatic N) is 1. The van der Waals surface area contributed by atoms with Crippen LogP contribution in [-0.2, 0) is 0 Å². The highest BCUT2D eigenvalue weighted by Gasteiger charge is 2.06. The van der Waals surface area contributed by atoms with E-state index in [1.807, 2.05) is 31.3 Å². The third-order valence-corrected chi connectivity index (χ3v) is 2.68. The van der Waals surface area contributed by atoms with E-state index in [-0.39, 0.29) is 0 Å². The quantitative estimate of drug-likeness (QED) is 0.837. The van der Waals surface area contributed by atoms with Crippen LogP contribution in [0.5, 0.6) is 0 Å². The number of anilines is 3. The number of hydrogen-bond donors (Lipinski definition) is 1. The van der Waals surface area contributed by atoms with Crippen molar-refractivity contribution < 1.29 is 0 Å². The highest BCUT2D eigenvalue weighted by atomic mass is 15.1. The molecule has 0 spiro atoms. The zero-order chi connectivity index (χ0) is 11.4. The standard InChI is InChI=1S/C14H16N2/c1-15-13-10-6-7-11-14(13)16(2)12-8-4-3-5-9-12/h3-11,15H,1-2H3. The van der Waals surface area contributed by atoms with Gasteiger partial charge in [0.25, 0.3) is 0 Å². The van der Waals surface area contributed by atoms with E-state index in [0.717, 1.165) is 5.69 Å². The largest absolute Gasteiger partial charge is 0.386 e. The van der Waals surface area contributed by atoms with Crippen molar-refractivity contribution in [3.8, 4) is 0 Å². The monoisotopic (exact) mass is 212 g/mol. The van der Waals surface area contributed by atoms with Crippen molar-refractivity contribution in [2.75, 3.05) is 24.3 Å². The first kappa shape index (κ1) is 10.6. The Morgan fingerprint density at radius 2 is 1.50 bits per heavy atom. The van der Waals surface area contributed by atoms with E-state index in [2.05, 4.69) is 47.6 Å². The molecule has 0 aliphatic carbocycles. The summed E-state index contributed by atoms with van der Waals surface area (Å²) in [6.45, 7) is 0. The van der Waals surface area contributed by atoms with Gasteiger partial charge in [-0.25, -0.2) is 0 Å². The second-order valence-corrected chi connectivity index (χ2v) is 3.66. The minimum atomic E-state index is 1.13. The average Bonchev–Trinajstić information content (AvgIpc) is 2.39. The maximum atomic E-state index is 3.20. The van der Waals surface area contributed by atoms with Crippen LogP contribution in [0.15, 0.2) is 54.6 Å². The van der Waals surface area contributed by atoms with Crippen molar-refractivity contribution in [1.82, 2.24) is 0 Å². The van der Waals surface area contributed by atoms with Gasteiger partial charge in [-0.15, -0.1) is 0 Å². The molecule has 0 amide bonds. The molecule has 0 saturated carbocycles. The summed E-state index contributed by atoms with van der Waals surface area (Å²) in [6, 6.07) is 18.6. The van der Waals surface area contributed by atoms with Gasteiger partial charge in [0.2, 0.25) is 0 Å². The second kappa shape index (κ2) is 4.71. The van der Waals surface area contributed by atoms with Crippen LogP contribution in [0.3, 0.4) is 0 Å². The molecule has 0 bridgehead atoms. The van der Waals surface area contributed by atoms with Crippen LogP contribution >= 0.6 is 0 Å². The molecule has 0 atom stereocenters. The van der Waals surface area contributed by atoms with Crippen LogP contribution in [0.1, 0.15) is 0 Å². The predicted molar refractivity (Wildman–Crippen MR) is 70.5 cm³/mol. The lowest BCUT2D eigenvalue weighted by atomic mass is 10.2. The normalized spacial score (nSPS) is 9.88. The number of benzene rings is 2. The Labute approximate surface area is 96.5 Å². The molecule has 2 aromatic carbocycles. The fourth-order valence-electron chi connectivity index (χ4n) is 1.77. The van der Waals surface area contributed by atoms with Gasteiger partial charge in [-0.2, -0.15) is 0 Å². The van der Waals surface area contributed by atoms with Crippen molar-refractivity contribution in [3.63, 3.8) is 0 Å². The molecule has 1 N–H and O–H groups in total. The van der Waals surface area contributed by atoms with Crippen molar-refractivity contribution in [3.05, 3.63) is 54.6 Å². The van der Waals surface area contributed by atoms with Crippen LogP contribution in [0.2, 0.25) is 0 Å². The summed E-state index contributed by atoms with van der Waals surface area (Å²) >= 11 is 0. The number of nitrogens with one attached hydrogen (secondary N) is 1. The third-order valence-electron chi connectivity index (χ3n) is 2.68. The van der Waals surface area contributed by atoms with Gasteiger partial charge < -0.3 is 10.2 Å². The third kappa shape index (κ3) is 2.01. The molecule has 2 rings (SSSR count). The van der Waals surface area contributed by atoms with Crippen molar-refractivity contribution in [2.24, 2.45) is 0 Å². The molecular weight excluding hydrogens is 196 g/mol. The van der Waals surface area contributed by atoms with Crippen LogP contribution in [0.25, 0.3) is 0 Å².